The number of benzene rings is 3. The zero-order valence-electron chi connectivity index (χ0n) is 22.1. The lowest BCUT2D eigenvalue weighted by Crippen LogP contribution is -2.40. The van der Waals surface area contributed by atoms with Crippen molar-refractivity contribution < 1.29 is 18.0 Å². The Morgan fingerprint density at radius 3 is 2.18 bits per heavy atom. The van der Waals surface area contributed by atoms with Crippen molar-refractivity contribution in [1.29, 1.82) is 0 Å². The van der Waals surface area contributed by atoms with E-state index in [1.807, 2.05) is 54.8 Å². The molecule has 1 amide bonds. The highest BCUT2D eigenvalue weighted by Gasteiger charge is 2.36. The van der Waals surface area contributed by atoms with Gasteiger partial charge in [-0.05, 0) is 42.6 Å². The Balaban J connectivity index is 1.88. The van der Waals surface area contributed by atoms with Gasteiger partial charge in [0.15, 0.2) is 0 Å². The summed E-state index contributed by atoms with van der Waals surface area (Å²) in [5, 5.41) is 0. The first-order valence-electron chi connectivity index (χ1n) is 13.0. The summed E-state index contributed by atoms with van der Waals surface area (Å²) in [5.41, 5.74) is 6.80. The molecule has 3 aromatic carbocycles. The number of amides is 1. The molecule has 0 unspecified atom stereocenters. The Morgan fingerprint density at radius 1 is 0.949 bits per heavy atom. The number of rotatable bonds is 10. The molecular weight excluding hydrogens is 501 g/mol. The average Bonchev–Trinajstić information content (AvgIpc) is 3.33. The van der Waals surface area contributed by atoms with Gasteiger partial charge in [-0.3, -0.25) is 4.79 Å². The van der Waals surface area contributed by atoms with E-state index in [1.54, 1.807) is 41.4 Å². The van der Waals surface area contributed by atoms with Crippen molar-refractivity contribution in [3.8, 4) is 11.3 Å². The molecule has 5 nitrogen and oxygen atoms in total. The fourth-order valence-electron chi connectivity index (χ4n) is 4.83. The van der Waals surface area contributed by atoms with E-state index >= 15 is 0 Å². The molecule has 1 heterocycles. The largest absolute Gasteiger partial charge is 0.417 e. The molecule has 204 valence electrons. The monoisotopic (exact) mass is 534 g/mol. The first kappa shape index (κ1) is 28.1. The van der Waals surface area contributed by atoms with Crippen LogP contribution < -0.4 is 5.73 Å². The number of imidazole rings is 1. The lowest BCUT2D eigenvalue weighted by atomic mass is 9.99. The number of carbonyl (C=O) groups excluding carboxylic acids is 1. The van der Waals surface area contributed by atoms with E-state index in [2.05, 4.69) is 0 Å². The molecule has 1 aromatic heterocycles. The van der Waals surface area contributed by atoms with Gasteiger partial charge in [0.2, 0.25) is 0 Å². The molecule has 4 rings (SSSR count). The van der Waals surface area contributed by atoms with Gasteiger partial charge in [0.05, 0.1) is 17.3 Å². The molecule has 0 aliphatic rings. The van der Waals surface area contributed by atoms with E-state index in [1.165, 1.54) is 12.1 Å². The molecule has 0 saturated heterocycles. The average molecular weight is 535 g/mol. The summed E-state index contributed by atoms with van der Waals surface area (Å²) in [5.74, 6) is 0.273. The molecule has 8 heteroatoms. The van der Waals surface area contributed by atoms with Gasteiger partial charge in [-0.25, -0.2) is 4.98 Å². The smallest absolute Gasteiger partial charge is 0.330 e. The Labute approximate surface area is 227 Å². The fourth-order valence-corrected chi connectivity index (χ4v) is 4.83. The molecule has 0 bridgehead atoms. The van der Waals surface area contributed by atoms with Crippen LogP contribution in [0.4, 0.5) is 13.2 Å². The SMILES string of the molecule is CC(C)[C@H](c1nc(-c2ccccc2C(F)(F)F)cn1Cc1ccccc1)N(CCCN)C(=O)c1ccccc1. The number of nitrogens with zero attached hydrogens (tertiary/aromatic N) is 3. The van der Waals surface area contributed by atoms with Crippen molar-refractivity contribution in [2.24, 2.45) is 11.7 Å². The highest BCUT2D eigenvalue weighted by Crippen LogP contribution is 2.38. The summed E-state index contributed by atoms with van der Waals surface area (Å²) in [6.45, 7) is 5.16. The van der Waals surface area contributed by atoms with Gasteiger partial charge in [-0.1, -0.05) is 80.6 Å². The number of nitrogens with two attached hydrogens (primary N) is 1. The van der Waals surface area contributed by atoms with Crippen LogP contribution in [0.2, 0.25) is 0 Å². The highest BCUT2D eigenvalue weighted by atomic mass is 19.4. The minimum Gasteiger partial charge on any atom is -0.330 e. The number of hydrogen-bond acceptors (Lipinski definition) is 3. The lowest BCUT2D eigenvalue weighted by molar-refractivity contribution is -0.137. The second kappa shape index (κ2) is 12.3. The zero-order valence-corrected chi connectivity index (χ0v) is 22.1. The molecule has 0 aliphatic heterocycles. The van der Waals surface area contributed by atoms with E-state index in [4.69, 9.17) is 10.7 Å². The summed E-state index contributed by atoms with van der Waals surface area (Å²) in [6, 6.07) is 23.6. The number of alkyl halides is 3. The molecule has 39 heavy (non-hydrogen) atoms. The van der Waals surface area contributed by atoms with Gasteiger partial charge >= 0.3 is 6.18 Å². The van der Waals surface area contributed by atoms with Crippen LogP contribution >= 0.6 is 0 Å². The van der Waals surface area contributed by atoms with Crippen molar-refractivity contribution in [3.05, 3.63) is 114 Å². The van der Waals surface area contributed by atoms with E-state index in [0.29, 0.717) is 37.4 Å². The number of aromatic nitrogens is 2. The van der Waals surface area contributed by atoms with Gasteiger partial charge in [-0.15, -0.1) is 0 Å². The van der Waals surface area contributed by atoms with Crippen LogP contribution in [0, 0.1) is 5.92 Å². The van der Waals surface area contributed by atoms with E-state index in [0.717, 1.165) is 11.6 Å². The van der Waals surface area contributed by atoms with Crippen LogP contribution in [0.3, 0.4) is 0 Å². The lowest BCUT2D eigenvalue weighted by Gasteiger charge is -2.34. The maximum absolute atomic E-state index is 13.9. The molecule has 0 radical (unpaired) electrons. The molecule has 1 atom stereocenters. The van der Waals surface area contributed by atoms with Gasteiger partial charge < -0.3 is 15.2 Å². The zero-order chi connectivity index (χ0) is 28.0. The molecule has 4 aromatic rings. The number of halogens is 3. The van der Waals surface area contributed by atoms with Crippen LogP contribution in [-0.4, -0.2) is 33.4 Å². The molecule has 0 spiro atoms. The highest BCUT2D eigenvalue weighted by molar-refractivity contribution is 5.94. The number of hydrogen-bond donors (Lipinski definition) is 1. The van der Waals surface area contributed by atoms with Crippen molar-refractivity contribution in [2.75, 3.05) is 13.1 Å². The summed E-state index contributed by atoms with van der Waals surface area (Å²) in [7, 11) is 0. The second-order valence-corrected chi connectivity index (χ2v) is 9.84. The summed E-state index contributed by atoms with van der Waals surface area (Å²) in [6.07, 6.45) is -2.30. The van der Waals surface area contributed by atoms with Crippen LogP contribution in [-0.2, 0) is 12.7 Å². The normalized spacial score (nSPS) is 12.5. The Bertz CT molecular complexity index is 1370. The van der Waals surface area contributed by atoms with E-state index in [-0.39, 0.29) is 23.1 Å². The third-order valence-electron chi connectivity index (χ3n) is 6.63. The predicted octanol–water partition coefficient (Wildman–Crippen LogP) is 6.81. The summed E-state index contributed by atoms with van der Waals surface area (Å²) >= 11 is 0. The summed E-state index contributed by atoms with van der Waals surface area (Å²) < 4.78 is 43.7. The Kier molecular flexibility index (Phi) is 8.86. The first-order valence-corrected chi connectivity index (χ1v) is 13.0. The van der Waals surface area contributed by atoms with Crippen molar-refractivity contribution in [3.63, 3.8) is 0 Å². The van der Waals surface area contributed by atoms with E-state index < -0.39 is 17.8 Å². The maximum Gasteiger partial charge on any atom is 0.417 e. The van der Waals surface area contributed by atoms with Crippen LogP contribution in [0.5, 0.6) is 0 Å². The Morgan fingerprint density at radius 2 is 1.56 bits per heavy atom. The minimum absolute atomic E-state index is 0.00321. The fraction of sp³-hybridized carbons (Fsp3) is 0.290. The standard InChI is InChI=1S/C31H33F3N4O/c1-22(2)28(38(19-11-18-35)30(39)24-14-7-4-8-15-24)29-36-27(21-37(29)20-23-12-5-3-6-13-23)25-16-9-10-17-26(25)31(32,33)34/h3-10,12-17,21-22,28H,11,18-20,35H2,1-2H3/t28-/m1/s1. The topological polar surface area (TPSA) is 64.2 Å². The van der Waals surface area contributed by atoms with Gasteiger partial charge in [0, 0.05) is 30.4 Å². The maximum atomic E-state index is 13.9. The first-order chi connectivity index (χ1) is 18.7. The van der Waals surface area contributed by atoms with Crippen LogP contribution in [0.25, 0.3) is 11.3 Å². The second-order valence-electron chi connectivity index (χ2n) is 9.84. The van der Waals surface area contributed by atoms with Gasteiger partial charge in [0.1, 0.15) is 5.82 Å². The minimum atomic E-state index is -4.53. The van der Waals surface area contributed by atoms with Crippen molar-refractivity contribution in [2.45, 2.75) is 39.0 Å². The van der Waals surface area contributed by atoms with E-state index in [9.17, 15) is 18.0 Å². The third-order valence-corrected chi connectivity index (χ3v) is 6.63. The molecule has 0 fully saturated rings. The van der Waals surface area contributed by atoms with Gasteiger partial charge in [-0.2, -0.15) is 13.2 Å². The Hall–Kier alpha value is -3.91. The number of carbonyl (C=O) groups is 1. The quantitative estimate of drug-likeness (QED) is 0.243. The summed E-state index contributed by atoms with van der Waals surface area (Å²) in [4.78, 5) is 20.4. The van der Waals surface area contributed by atoms with Crippen LogP contribution in [0.15, 0.2) is 91.1 Å². The van der Waals surface area contributed by atoms with Gasteiger partial charge in [0.25, 0.3) is 5.91 Å². The molecule has 0 aliphatic carbocycles. The predicted molar refractivity (Wildman–Crippen MR) is 147 cm³/mol. The van der Waals surface area contributed by atoms with Crippen molar-refractivity contribution in [1.82, 2.24) is 14.5 Å². The third kappa shape index (κ3) is 6.57. The van der Waals surface area contributed by atoms with Crippen LogP contribution in [0.1, 0.15) is 53.6 Å². The van der Waals surface area contributed by atoms with Crippen molar-refractivity contribution >= 4 is 5.91 Å². The molecular formula is C31H33F3N4O. The molecule has 2 N–H and O–H groups in total. The molecule has 0 saturated carbocycles.